The first-order valence-electron chi connectivity index (χ1n) is 11.9. The smallest absolute Gasteiger partial charge is 0.246 e. The SMILES string of the molecule is COc1ccc(C)cc1S(=O)(=O)N1CCN(C[C@H](OCc2c(F)cccc2F)c2ccc(Cl)cc2)CC1. The van der Waals surface area contributed by atoms with Gasteiger partial charge in [-0.2, -0.15) is 4.31 Å². The molecule has 1 aliphatic rings. The van der Waals surface area contributed by atoms with Crippen molar-refractivity contribution in [2.45, 2.75) is 24.5 Å². The summed E-state index contributed by atoms with van der Waals surface area (Å²) in [6.07, 6.45) is -0.503. The second kappa shape index (κ2) is 11.9. The van der Waals surface area contributed by atoms with E-state index in [1.165, 1.54) is 29.6 Å². The van der Waals surface area contributed by atoms with Crippen LogP contribution in [0.25, 0.3) is 0 Å². The number of nitrogens with zero attached hydrogens (tertiary/aromatic N) is 2. The zero-order valence-corrected chi connectivity index (χ0v) is 22.2. The van der Waals surface area contributed by atoms with Gasteiger partial charge in [-0.3, -0.25) is 4.90 Å². The second-order valence-corrected chi connectivity index (χ2v) is 11.3. The molecule has 1 aliphatic heterocycles. The Morgan fingerprint density at radius 1 is 0.973 bits per heavy atom. The fourth-order valence-corrected chi connectivity index (χ4v) is 6.09. The van der Waals surface area contributed by atoms with E-state index in [1.54, 1.807) is 30.3 Å². The Morgan fingerprint density at radius 3 is 2.24 bits per heavy atom. The Balaban J connectivity index is 1.46. The monoisotopic (exact) mass is 550 g/mol. The summed E-state index contributed by atoms with van der Waals surface area (Å²) < 4.78 is 67.8. The van der Waals surface area contributed by atoms with Crippen molar-refractivity contribution >= 4 is 21.6 Å². The first-order valence-corrected chi connectivity index (χ1v) is 13.7. The predicted molar refractivity (Wildman–Crippen MR) is 138 cm³/mol. The standard InChI is InChI=1S/C27H29ClF2N2O4S/c1-19-6-11-25(35-2)27(16-19)37(33,34)32-14-12-31(13-15-32)17-26(20-7-9-21(28)10-8-20)36-18-22-23(29)4-3-5-24(22)30/h3-11,16,26H,12-15,17-18H2,1-2H3/t26-/m0/s1. The summed E-state index contributed by atoms with van der Waals surface area (Å²) in [5, 5.41) is 0.563. The van der Waals surface area contributed by atoms with Crippen molar-refractivity contribution in [1.82, 2.24) is 9.21 Å². The topological polar surface area (TPSA) is 59.1 Å². The van der Waals surface area contributed by atoms with Crippen LogP contribution in [-0.2, 0) is 21.4 Å². The van der Waals surface area contributed by atoms with Gasteiger partial charge in [-0.1, -0.05) is 35.9 Å². The van der Waals surface area contributed by atoms with Crippen LogP contribution in [0, 0.1) is 18.6 Å². The molecule has 0 aliphatic carbocycles. The molecular formula is C27H29ClF2N2O4S. The van der Waals surface area contributed by atoms with Gasteiger partial charge in [0.2, 0.25) is 10.0 Å². The minimum Gasteiger partial charge on any atom is -0.495 e. The first kappa shape index (κ1) is 27.5. The highest BCUT2D eigenvalue weighted by molar-refractivity contribution is 7.89. The summed E-state index contributed by atoms with van der Waals surface area (Å²) in [5.41, 5.74) is 1.50. The van der Waals surface area contributed by atoms with Crippen LogP contribution in [0.2, 0.25) is 5.02 Å². The normalized spacial score (nSPS) is 16.0. The third-order valence-electron chi connectivity index (χ3n) is 6.42. The fraction of sp³-hybridized carbons (Fsp3) is 0.333. The van der Waals surface area contributed by atoms with E-state index in [0.29, 0.717) is 30.4 Å². The van der Waals surface area contributed by atoms with Crippen LogP contribution in [0.1, 0.15) is 22.8 Å². The molecule has 4 rings (SSSR count). The van der Waals surface area contributed by atoms with Gasteiger partial charge in [-0.25, -0.2) is 17.2 Å². The van der Waals surface area contributed by atoms with Crippen molar-refractivity contribution in [3.05, 3.63) is 94.0 Å². The predicted octanol–water partition coefficient (Wildman–Crippen LogP) is 5.20. The number of aryl methyl sites for hydroxylation is 1. The van der Waals surface area contributed by atoms with Crippen LogP contribution in [0.15, 0.2) is 65.6 Å². The van der Waals surface area contributed by atoms with Gasteiger partial charge in [0.25, 0.3) is 0 Å². The molecule has 1 fully saturated rings. The maximum atomic E-state index is 14.2. The molecule has 198 valence electrons. The summed E-state index contributed by atoms with van der Waals surface area (Å²) in [4.78, 5) is 2.23. The van der Waals surface area contributed by atoms with Gasteiger partial charge in [0.1, 0.15) is 22.3 Å². The van der Waals surface area contributed by atoms with Crippen LogP contribution in [0.5, 0.6) is 5.75 Å². The van der Waals surface area contributed by atoms with Crippen molar-refractivity contribution in [1.29, 1.82) is 0 Å². The average Bonchev–Trinajstić information content (AvgIpc) is 2.88. The lowest BCUT2D eigenvalue weighted by Crippen LogP contribution is -2.49. The fourth-order valence-electron chi connectivity index (χ4n) is 4.30. The third-order valence-corrected chi connectivity index (χ3v) is 8.60. The van der Waals surface area contributed by atoms with Crippen LogP contribution < -0.4 is 4.74 Å². The van der Waals surface area contributed by atoms with Gasteiger partial charge < -0.3 is 9.47 Å². The van der Waals surface area contributed by atoms with Crippen molar-refractivity contribution in [3.8, 4) is 5.75 Å². The molecule has 0 bridgehead atoms. The molecule has 10 heteroatoms. The average molecular weight is 551 g/mol. The molecule has 0 radical (unpaired) electrons. The Kier molecular flexibility index (Phi) is 8.82. The summed E-state index contributed by atoms with van der Waals surface area (Å²) in [5.74, 6) is -1.02. The number of halogens is 3. The summed E-state index contributed by atoms with van der Waals surface area (Å²) in [6.45, 7) is 3.51. The van der Waals surface area contributed by atoms with E-state index >= 15 is 0 Å². The van der Waals surface area contributed by atoms with Gasteiger partial charge in [0, 0.05) is 43.3 Å². The first-order chi connectivity index (χ1) is 17.7. The molecule has 1 saturated heterocycles. The molecule has 1 atom stereocenters. The van der Waals surface area contributed by atoms with E-state index in [-0.39, 0.29) is 30.2 Å². The molecule has 6 nitrogen and oxygen atoms in total. The van der Waals surface area contributed by atoms with Gasteiger partial charge >= 0.3 is 0 Å². The molecule has 1 heterocycles. The number of hydrogen-bond donors (Lipinski definition) is 0. The number of piperazine rings is 1. The Labute approximate surface area is 221 Å². The van der Waals surface area contributed by atoms with Crippen molar-refractivity contribution in [3.63, 3.8) is 0 Å². The number of ether oxygens (including phenoxy) is 2. The zero-order chi connectivity index (χ0) is 26.6. The number of methoxy groups -OCH3 is 1. The molecule has 0 saturated carbocycles. The molecule has 0 amide bonds. The molecule has 37 heavy (non-hydrogen) atoms. The lowest BCUT2D eigenvalue weighted by atomic mass is 10.1. The Morgan fingerprint density at radius 2 is 1.62 bits per heavy atom. The lowest BCUT2D eigenvalue weighted by Gasteiger charge is -2.36. The van der Waals surface area contributed by atoms with Crippen molar-refractivity contribution < 1.29 is 26.7 Å². The van der Waals surface area contributed by atoms with Crippen molar-refractivity contribution in [2.24, 2.45) is 0 Å². The van der Waals surface area contributed by atoms with E-state index in [9.17, 15) is 17.2 Å². The molecule has 0 spiro atoms. The van der Waals surface area contributed by atoms with Crippen molar-refractivity contribution in [2.75, 3.05) is 39.8 Å². The summed E-state index contributed by atoms with van der Waals surface area (Å²) in [7, 11) is -2.29. The quantitative estimate of drug-likeness (QED) is 0.366. The molecular weight excluding hydrogens is 522 g/mol. The van der Waals surface area contributed by atoms with Crippen LogP contribution in [0.3, 0.4) is 0 Å². The molecule has 0 unspecified atom stereocenters. The summed E-state index contributed by atoms with van der Waals surface area (Å²) >= 11 is 6.04. The van der Waals surface area contributed by atoms with Gasteiger partial charge in [-0.05, 0) is 54.4 Å². The molecule has 3 aromatic rings. The van der Waals surface area contributed by atoms with Crippen LogP contribution in [0.4, 0.5) is 8.78 Å². The maximum absolute atomic E-state index is 14.2. The number of benzene rings is 3. The Bertz CT molecular complexity index is 1310. The third kappa shape index (κ3) is 6.48. The van der Waals surface area contributed by atoms with E-state index in [4.69, 9.17) is 21.1 Å². The van der Waals surface area contributed by atoms with Gasteiger partial charge in [0.05, 0.1) is 19.8 Å². The number of rotatable bonds is 9. The second-order valence-electron chi connectivity index (χ2n) is 8.91. The van der Waals surface area contributed by atoms with Gasteiger partial charge in [-0.15, -0.1) is 0 Å². The van der Waals surface area contributed by atoms with E-state index in [2.05, 4.69) is 4.90 Å². The number of sulfonamides is 1. The number of hydrogen-bond acceptors (Lipinski definition) is 5. The van der Waals surface area contributed by atoms with Gasteiger partial charge in [0.15, 0.2) is 0 Å². The Hall–Kier alpha value is -2.56. The largest absolute Gasteiger partial charge is 0.495 e. The van der Waals surface area contributed by atoms with E-state index in [0.717, 1.165) is 11.1 Å². The highest BCUT2D eigenvalue weighted by Crippen LogP contribution is 2.29. The maximum Gasteiger partial charge on any atom is 0.246 e. The molecule has 0 aromatic heterocycles. The van der Waals surface area contributed by atoms with Crippen LogP contribution in [-0.4, -0.2) is 57.5 Å². The van der Waals surface area contributed by atoms with E-state index in [1.807, 2.05) is 19.1 Å². The van der Waals surface area contributed by atoms with E-state index < -0.39 is 27.8 Å². The molecule has 3 aromatic carbocycles. The lowest BCUT2D eigenvalue weighted by molar-refractivity contribution is 0.00546. The summed E-state index contributed by atoms with van der Waals surface area (Å²) in [6, 6.07) is 15.9. The van der Waals surface area contributed by atoms with Crippen LogP contribution >= 0.6 is 11.6 Å². The minimum absolute atomic E-state index is 0.135. The minimum atomic E-state index is -3.74. The highest BCUT2D eigenvalue weighted by atomic mass is 35.5. The zero-order valence-electron chi connectivity index (χ0n) is 20.7. The molecule has 0 N–H and O–H groups in total. The highest BCUT2D eigenvalue weighted by Gasteiger charge is 2.32.